The van der Waals surface area contributed by atoms with Crippen molar-refractivity contribution in [2.75, 3.05) is 5.73 Å². The van der Waals surface area contributed by atoms with Gasteiger partial charge in [0.25, 0.3) is 5.69 Å². The van der Waals surface area contributed by atoms with E-state index in [-0.39, 0.29) is 0 Å². The third-order valence-corrected chi connectivity index (χ3v) is 2.06. The number of ketones is 1. The van der Waals surface area contributed by atoms with Crippen molar-refractivity contribution in [3.05, 3.63) is 33.4 Å². The molecular formula is C9H7F3N2O3. The predicted octanol–water partition coefficient (Wildman–Crippen LogP) is 2.40. The summed E-state index contributed by atoms with van der Waals surface area (Å²) in [5.41, 5.74) is 1.67. The van der Waals surface area contributed by atoms with Gasteiger partial charge in [-0.05, 0) is 6.92 Å². The number of nitro groups is 1. The number of nitrogens with zero attached hydrogens (tertiary/aromatic N) is 1. The number of benzene rings is 1. The molecule has 0 aliphatic carbocycles. The monoisotopic (exact) mass is 248 g/mol. The topological polar surface area (TPSA) is 86.2 Å². The molecular weight excluding hydrogens is 241 g/mol. The molecule has 0 unspecified atom stereocenters. The first-order chi connectivity index (χ1) is 7.64. The van der Waals surface area contributed by atoms with Gasteiger partial charge in [0, 0.05) is 17.7 Å². The summed E-state index contributed by atoms with van der Waals surface area (Å²) < 4.78 is 37.6. The first-order valence-corrected chi connectivity index (χ1v) is 4.30. The van der Waals surface area contributed by atoms with E-state index in [2.05, 4.69) is 0 Å². The molecule has 0 atom stereocenters. The maximum absolute atomic E-state index is 12.5. The molecule has 1 aromatic carbocycles. The lowest BCUT2D eigenvalue weighted by Gasteiger charge is -2.12. The van der Waals surface area contributed by atoms with Gasteiger partial charge in [-0.2, -0.15) is 13.2 Å². The van der Waals surface area contributed by atoms with E-state index in [1.54, 1.807) is 0 Å². The second kappa shape index (κ2) is 4.04. The van der Waals surface area contributed by atoms with E-state index >= 15 is 0 Å². The molecule has 17 heavy (non-hydrogen) atoms. The van der Waals surface area contributed by atoms with Crippen LogP contribution in [0.4, 0.5) is 24.5 Å². The number of hydrogen-bond acceptors (Lipinski definition) is 4. The van der Waals surface area contributed by atoms with Crippen LogP contribution in [0.25, 0.3) is 0 Å². The van der Waals surface area contributed by atoms with Gasteiger partial charge in [0.2, 0.25) is 0 Å². The first-order valence-electron chi connectivity index (χ1n) is 4.30. The average molecular weight is 248 g/mol. The minimum Gasteiger partial charge on any atom is -0.398 e. The lowest BCUT2D eigenvalue weighted by atomic mass is 10.0. The van der Waals surface area contributed by atoms with Crippen molar-refractivity contribution in [1.82, 2.24) is 0 Å². The van der Waals surface area contributed by atoms with Crippen molar-refractivity contribution in [3.63, 3.8) is 0 Å². The highest BCUT2D eigenvalue weighted by molar-refractivity contribution is 6.00. The van der Waals surface area contributed by atoms with Gasteiger partial charge in [-0.15, -0.1) is 0 Å². The molecule has 2 N–H and O–H groups in total. The minimum atomic E-state index is -4.85. The van der Waals surface area contributed by atoms with Crippen molar-refractivity contribution in [3.8, 4) is 0 Å². The molecule has 0 spiro atoms. The fraction of sp³-hybridized carbons (Fsp3) is 0.222. The van der Waals surface area contributed by atoms with Crippen LogP contribution in [0.1, 0.15) is 22.8 Å². The molecule has 0 saturated carbocycles. The number of rotatable bonds is 2. The molecule has 0 aliphatic heterocycles. The Kier molecular flexibility index (Phi) is 3.08. The maximum Gasteiger partial charge on any atom is 0.418 e. The Labute approximate surface area is 93.2 Å². The normalized spacial score (nSPS) is 11.3. The number of Topliss-reactive ketones (excluding diaryl/α,β-unsaturated/α-hetero) is 1. The summed E-state index contributed by atoms with van der Waals surface area (Å²) in [6, 6.07) is 1.04. The Balaban J connectivity index is 3.60. The smallest absolute Gasteiger partial charge is 0.398 e. The maximum atomic E-state index is 12.5. The molecule has 1 aromatic rings. The molecule has 1 rings (SSSR count). The molecule has 0 saturated heterocycles. The second-order valence-corrected chi connectivity index (χ2v) is 3.27. The van der Waals surface area contributed by atoms with Crippen molar-refractivity contribution in [1.29, 1.82) is 0 Å². The van der Waals surface area contributed by atoms with E-state index in [1.165, 1.54) is 0 Å². The molecule has 5 nitrogen and oxygen atoms in total. The summed E-state index contributed by atoms with van der Waals surface area (Å²) in [5, 5.41) is 10.5. The van der Waals surface area contributed by atoms with Gasteiger partial charge in [0.05, 0.1) is 16.2 Å². The Hall–Kier alpha value is -2.12. The van der Waals surface area contributed by atoms with Gasteiger partial charge in [-0.25, -0.2) is 0 Å². The number of nitrogens with two attached hydrogens (primary N) is 1. The van der Waals surface area contributed by atoms with E-state index in [4.69, 9.17) is 5.73 Å². The number of nitro benzene ring substituents is 1. The largest absolute Gasteiger partial charge is 0.418 e. The third kappa shape index (κ3) is 2.52. The molecule has 92 valence electrons. The van der Waals surface area contributed by atoms with Gasteiger partial charge in [-0.1, -0.05) is 0 Å². The van der Waals surface area contributed by atoms with Crippen molar-refractivity contribution in [2.24, 2.45) is 0 Å². The van der Waals surface area contributed by atoms with Gasteiger partial charge in [-0.3, -0.25) is 14.9 Å². The minimum absolute atomic E-state index is 0.307. The standard InChI is InChI=1S/C9H7F3N2O3/c1-4(15)6-2-5(14(16)17)3-7(8(6)13)9(10,11)12/h2-3H,13H2,1H3. The highest BCUT2D eigenvalue weighted by atomic mass is 19.4. The Morgan fingerprint density at radius 1 is 1.41 bits per heavy atom. The van der Waals surface area contributed by atoms with E-state index in [0.29, 0.717) is 6.07 Å². The van der Waals surface area contributed by atoms with Crippen LogP contribution in [0.3, 0.4) is 0 Å². The lowest BCUT2D eigenvalue weighted by molar-refractivity contribution is -0.385. The number of carbonyl (C=O) groups is 1. The van der Waals surface area contributed by atoms with Gasteiger partial charge in [0.1, 0.15) is 0 Å². The number of anilines is 1. The molecule has 0 amide bonds. The zero-order chi connectivity index (χ0) is 13.4. The van der Waals surface area contributed by atoms with Gasteiger partial charge >= 0.3 is 6.18 Å². The molecule has 0 heterocycles. The highest BCUT2D eigenvalue weighted by Gasteiger charge is 2.36. The van der Waals surface area contributed by atoms with Gasteiger partial charge in [0.15, 0.2) is 5.78 Å². The predicted molar refractivity (Wildman–Crippen MR) is 52.5 cm³/mol. The number of halogens is 3. The molecule has 0 fully saturated rings. The first kappa shape index (κ1) is 12.9. The SMILES string of the molecule is CC(=O)c1cc([N+](=O)[O-])cc(C(F)(F)F)c1N. The molecule has 0 radical (unpaired) electrons. The Bertz CT molecular complexity index is 497. The van der Waals surface area contributed by atoms with Crippen LogP contribution in [0.5, 0.6) is 0 Å². The van der Waals surface area contributed by atoms with Crippen LogP contribution >= 0.6 is 0 Å². The van der Waals surface area contributed by atoms with Crippen LogP contribution < -0.4 is 5.73 Å². The summed E-state index contributed by atoms with van der Waals surface area (Å²) >= 11 is 0. The van der Waals surface area contributed by atoms with Crippen LogP contribution in [0.2, 0.25) is 0 Å². The third-order valence-electron chi connectivity index (χ3n) is 2.06. The number of non-ortho nitro benzene ring substituents is 1. The molecule has 0 bridgehead atoms. The van der Waals surface area contributed by atoms with Crippen LogP contribution in [0.15, 0.2) is 12.1 Å². The van der Waals surface area contributed by atoms with E-state index in [1.807, 2.05) is 0 Å². The van der Waals surface area contributed by atoms with E-state index < -0.39 is 39.4 Å². The quantitative estimate of drug-likeness (QED) is 0.377. The zero-order valence-electron chi connectivity index (χ0n) is 8.54. The Morgan fingerprint density at radius 2 is 1.94 bits per heavy atom. The summed E-state index contributed by atoms with van der Waals surface area (Å²) in [6.07, 6.45) is -4.85. The van der Waals surface area contributed by atoms with Crippen molar-refractivity contribution in [2.45, 2.75) is 13.1 Å². The van der Waals surface area contributed by atoms with Crippen LogP contribution in [0, 0.1) is 10.1 Å². The number of carbonyl (C=O) groups excluding carboxylic acids is 1. The summed E-state index contributed by atoms with van der Waals surface area (Å²) in [4.78, 5) is 20.5. The number of hydrogen-bond donors (Lipinski definition) is 1. The molecule has 0 aromatic heterocycles. The zero-order valence-corrected chi connectivity index (χ0v) is 8.54. The van der Waals surface area contributed by atoms with Crippen molar-refractivity contribution < 1.29 is 22.9 Å². The fourth-order valence-electron chi connectivity index (χ4n) is 1.27. The summed E-state index contributed by atoms with van der Waals surface area (Å²) in [6.45, 7) is 0.982. The van der Waals surface area contributed by atoms with Gasteiger partial charge < -0.3 is 5.73 Å². The van der Waals surface area contributed by atoms with E-state index in [0.717, 1.165) is 13.0 Å². The average Bonchev–Trinajstić information content (AvgIpc) is 2.15. The number of nitrogen functional groups attached to an aromatic ring is 1. The Morgan fingerprint density at radius 3 is 2.29 bits per heavy atom. The van der Waals surface area contributed by atoms with Crippen LogP contribution in [-0.2, 0) is 6.18 Å². The summed E-state index contributed by atoms with van der Waals surface area (Å²) in [5.74, 6) is -0.767. The lowest BCUT2D eigenvalue weighted by Crippen LogP contribution is -2.13. The van der Waals surface area contributed by atoms with Crippen molar-refractivity contribution >= 4 is 17.2 Å². The summed E-state index contributed by atoms with van der Waals surface area (Å²) in [7, 11) is 0. The van der Waals surface area contributed by atoms with Crippen LogP contribution in [-0.4, -0.2) is 10.7 Å². The fourth-order valence-corrected chi connectivity index (χ4v) is 1.27. The highest BCUT2D eigenvalue weighted by Crippen LogP contribution is 2.37. The van der Waals surface area contributed by atoms with E-state index in [9.17, 15) is 28.1 Å². The molecule has 0 aliphatic rings. The molecule has 8 heteroatoms. The second-order valence-electron chi connectivity index (χ2n) is 3.27. The number of alkyl halides is 3.